The van der Waals surface area contributed by atoms with Crippen molar-refractivity contribution in [2.24, 2.45) is 0 Å². The van der Waals surface area contributed by atoms with Gasteiger partial charge in [-0.25, -0.2) is 0 Å². The van der Waals surface area contributed by atoms with Crippen LogP contribution in [0, 0.1) is 0 Å². The van der Waals surface area contributed by atoms with Crippen molar-refractivity contribution in [3.8, 4) is 0 Å². The van der Waals surface area contributed by atoms with E-state index in [2.05, 4.69) is 25.7 Å². The summed E-state index contributed by atoms with van der Waals surface area (Å²) in [6, 6.07) is 1.53. The first-order valence-electron chi connectivity index (χ1n) is 4.12. The molecule has 1 heteroatoms. The molecular formula is C9H17N. The van der Waals surface area contributed by atoms with E-state index in [4.69, 9.17) is 0 Å². The Balaban J connectivity index is 2.08. The van der Waals surface area contributed by atoms with Crippen molar-refractivity contribution in [1.29, 1.82) is 0 Å². The van der Waals surface area contributed by atoms with Crippen molar-refractivity contribution in [2.75, 3.05) is 0 Å². The molecular weight excluding hydrogens is 122 g/mol. The van der Waals surface area contributed by atoms with Crippen LogP contribution in [0.2, 0.25) is 0 Å². The third-order valence-corrected chi connectivity index (χ3v) is 2.13. The van der Waals surface area contributed by atoms with Gasteiger partial charge in [0.1, 0.15) is 0 Å². The molecule has 0 saturated carbocycles. The Morgan fingerprint density at radius 2 is 2.20 bits per heavy atom. The average Bonchev–Trinajstić information content (AvgIpc) is 1.76. The van der Waals surface area contributed by atoms with Gasteiger partial charge in [-0.3, -0.25) is 0 Å². The maximum absolute atomic E-state index is 3.89. The zero-order chi connectivity index (χ0) is 7.56. The minimum absolute atomic E-state index is 0.738. The third-order valence-electron chi connectivity index (χ3n) is 2.13. The second kappa shape index (κ2) is 3.20. The van der Waals surface area contributed by atoms with Gasteiger partial charge in [-0.05, 0) is 26.2 Å². The molecule has 0 spiro atoms. The Bertz CT molecular complexity index is 123. The van der Waals surface area contributed by atoms with E-state index < -0.39 is 0 Å². The smallest absolute Gasteiger partial charge is 0.0121 e. The van der Waals surface area contributed by atoms with Crippen LogP contribution in [0.25, 0.3) is 0 Å². The van der Waals surface area contributed by atoms with Gasteiger partial charge >= 0.3 is 0 Å². The minimum atomic E-state index is 0.738. The third kappa shape index (κ3) is 1.84. The molecule has 1 nitrogen and oxygen atoms in total. The number of nitrogens with one attached hydrogen (secondary N) is 1. The summed E-state index contributed by atoms with van der Waals surface area (Å²) in [5.41, 5.74) is 1.30. The first-order chi connectivity index (χ1) is 4.72. The molecule has 1 saturated heterocycles. The lowest BCUT2D eigenvalue weighted by atomic mass is 9.91. The van der Waals surface area contributed by atoms with Crippen LogP contribution in [0.4, 0.5) is 0 Å². The lowest BCUT2D eigenvalue weighted by molar-refractivity contribution is 0.256. The van der Waals surface area contributed by atoms with E-state index >= 15 is 0 Å². The Hall–Kier alpha value is -0.300. The highest BCUT2D eigenvalue weighted by molar-refractivity contribution is 4.99. The molecule has 1 N–H and O–H groups in total. The fourth-order valence-electron chi connectivity index (χ4n) is 1.50. The van der Waals surface area contributed by atoms with Gasteiger partial charge in [-0.2, -0.15) is 0 Å². The molecule has 1 aliphatic heterocycles. The van der Waals surface area contributed by atoms with E-state index in [0.29, 0.717) is 0 Å². The summed E-state index contributed by atoms with van der Waals surface area (Å²) in [5, 5.41) is 3.50. The number of hydrogen-bond acceptors (Lipinski definition) is 1. The van der Waals surface area contributed by atoms with Gasteiger partial charge in [0, 0.05) is 12.1 Å². The molecule has 0 amide bonds. The molecule has 2 unspecified atom stereocenters. The summed E-state index contributed by atoms with van der Waals surface area (Å²) in [5.74, 6) is 0. The Kier molecular flexibility index (Phi) is 2.50. The molecule has 0 aromatic rings. The van der Waals surface area contributed by atoms with Gasteiger partial charge in [0.25, 0.3) is 0 Å². The second-order valence-corrected chi connectivity index (χ2v) is 3.37. The van der Waals surface area contributed by atoms with Gasteiger partial charge in [-0.15, -0.1) is 6.58 Å². The fourth-order valence-corrected chi connectivity index (χ4v) is 1.50. The Morgan fingerprint density at radius 1 is 1.60 bits per heavy atom. The van der Waals surface area contributed by atoms with Gasteiger partial charge in [-0.1, -0.05) is 12.5 Å². The van der Waals surface area contributed by atoms with E-state index in [0.717, 1.165) is 18.5 Å². The first-order valence-corrected chi connectivity index (χ1v) is 4.12. The van der Waals surface area contributed by atoms with Crippen LogP contribution in [0.1, 0.15) is 33.1 Å². The zero-order valence-electron chi connectivity index (χ0n) is 6.98. The maximum Gasteiger partial charge on any atom is 0.0121 e. The van der Waals surface area contributed by atoms with Crippen molar-refractivity contribution in [3.63, 3.8) is 0 Å². The zero-order valence-corrected chi connectivity index (χ0v) is 6.98. The van der Waals surface area contributed by atoms with Crippen molar-refractivity contribution < 1.29 is 0 Å². The van der Waals surface area contributed by atoms with Gasteiger partial charge in [0.15, 0.2) is 0 Å². The summed E-state index contributed by atoms with van der Waals surface area (Å²) in [6.45, 7) is 8.22. The Morgan fingerprint density at radius 3 is 2.60 bits per heavy atom. The Labute approximate surface area is 63.5 Å². The van der Waals surface area contributed by atoms with Crippen molar-refractivity contribution in [2.45, 2.75) is 45.2 Å². The second-order valence-electron chi connectivity index (χ2n) is 3.37. The van der Waals surface area contributed by atoms with E-state index in [-0.39, 0.29) is 0 Å². The minimum Gasteiger partial charge on any atom is -0.311 e. The van der Waals surface area contributed by atoms with E-state index in [1.807, 2.05) is 0 Å². The molecule has 1 aliphatic rings. The predicted molar refractivity (Wildman–Crippen MR) is 45.1 cm³/mol. The van der Waals surface area contributed by atoms with Crippen LogP contribution in [0.3, 0.4) is 0 Å². The average molecular weight is 139 g/mol. The summed E-state index contributed by atoms with van der Waals surface area (Å²) in [4.78, 5) is 0. The SMILES string of the molecule is C=C(C)CC1CC(CC)N1. The largest absolute Gasteiger partial charge is 0.311 e. The summed E-state index contributed by atoms with van der Waals surface area (Å²) in [6.07, 6.45) is 3.78. The predicted octanol–water partition coefficient (Wildman–Crippen LogP) is 2.09. The highest BCUT2D eigenvalue weighted by Gasteiger charge is 2.25. The normalized spacial score (nSPS) is 31.4. The lowest BCUT2D eigenvalue weighted by Gasteiger charge is -2.37. The van der Waals surface area contributed by atoms with Crippen LogP contribution in [0.15, 0.2) is 12.2 Å². The van der Waals surface area contributed by atoms with Crippen molar-refractivity contribution in [1.82, 2.24) is 5.32 Å². The summed E-state index contributed by atoms with van der Waals surface area (Å²) in [7, 11) is 0. The fraction of sp³-hybridized carbons (Fsp3) is 0.778. The van der Waals surface area contributed by atoms with Crippen LogP contribution in [0.5, 0.6) is 0 Å². The molecule has 0 radical (unpaired) electrons. The monoisotopic (exact) mass is 139 g/mol. The molecule has 10 heavy (non-hydrogen) atoms. The molecule has 1 fully saturated rings. The topological polar surface area (TPSA) is 12.0 Å². The molecule has 0 bridgehead atoms. The van der Waals surface area contributed by atoms with E-state index in [1.165, 1.54) is 18.4 Å². The van der Waals surface area contributed by atoms with Crippen LogP contribution in [-0.4, -0.2) is 12.1 Å². The number of rotatable bonds is 3. The standard InChI is InChI=1S/C9H17N/c1-4-8-6-9(10-8)5-7(2)3/h8-10H,2,4-6H2,1,3H3. The van der Waals surface area contributed by atoms with E-state index in [9.17, 15) is 0 Å². The van der Waals surface area contributed by atoms with Gasteiger partial charge < -0.3 is 5.32 Å². The highest BCUT2D eigenvalue weighted by atomic mass is 15.0. The summed E-state index contributed by atoms with van der Waals surface area (Å²) >= 11 is 0. The molecule has 0 aliphatic carbocycles. The molecule has 1 rings (SSSR count). The molecule has 2 atom stereocenters. The van der Waals surface area contributed by atoms with Gasteiger partial charge in [0.2, 0.25) is 0 Å². The van der Waals surface area contributed by atoms with Crippen molar-refractivity contribution >= 4 is 0 Å². The quantitative estimate of drug-likeness (QED) is 0.590. The lowest BCUT2D eigenvalue weighted by Crippen LogP contribution is -2.51. The van der Waals surface area contributed by atoms with Crippen LogP contribution in [-0.2, 0) is 0 Å². The molecule has 58 valence electrons. The molecule has 0 aromatic heterocycles. The van der Waals surface area contributed by atoms with Crippen LogP contribution < -0.4 is 5.32 Å². The van der Waals surface area contributed by atoms with E-state index in [1.54, 1.807) is 0 Å². The van der Waals surface area contributed by atoms with Crippen LogP contribution >= 0.6 is 0 Å². The summed E-state index contributed by atoms with van der Waals surface area (Å²) < 4.78 is 0. The first kappa shape index (κ1) is 7.80. The van der Waals surface area contributed by atoms with Crippen molar-refractivity contribution in [3.05, 3.63) is 12.2 Å². The van der Waals surface area contributed by atoms with Gasteiger partial charge in [0.05, 0.1) is 0 Å². The molecule has 1 heterocycles. The number of hydrogen-bond donors (Lipinski definition) is 1. The molecule has 0 aromatic carbocycles. The highest BCUT2D eigenvalue weighted by Crippen LogP contribution is 2.19. The maximum atomic E-state index is 3.89.